The number of ether oxygens (including phenoxy) is 1. The molecular formula is C22H26N2O3. The van der Waals surface area contributed by atoms with Gasteiger partial charge in [-0.05, 0) is 55.3 Å². The molecule has 1 N–H and O–H groups in total. The minimum absolute atomic E-state index is 0.106. The number of carbonyl (C=O) groups is 1. The number of aromatic nitrogens is 1. The van der Waals surface area contributed by atoms with Crippen LogP contribution in [0, 0.1) is 0 Å². The molecule has 5 heteroatoms. The second-order valence-electron chi connectivity index (χ2n) is 7.91. The van der Waals surface area contributed by atoms with E-state index in [9.17, 15) is 9.90 Å². The number of pyridine rings is 1. The first kappa shape index (κ1) is 18.1. The summed E-state index contributed by atoms with van der Waals surface area (Å²) in [6.45, 7) is 1.65. The number of carbonyl (C=O) groups excluding carboxylic acids is 1. The Kier molecular flexibility index (Phi) is 4.98. The molecule has 5 nitrogen and oxygen atoms in total. The summed E-state index contributed by atoms with van der Waals surface area (Å²) in [5.41, 5.74) is 2.12. The molecule has 142 valence electrons. The Morgan fingerprint density at radius 1 is 1.26 bits per heavy atom. The van der Waals surface area contributed by atoms with Crippen molar-refractivity contribution in [2.75, 3.05) is 13.6 Å². The number of fused-ring (bicyclic) bond motifs is 1. The molecule has 0 amide bonds. The third-order valence-corrected chi connectivity index (χ3v) is 5.90. The van der Waals surface area contributed by atoms with Crippen LogP contribution in [-0.4, -0.2) is 40.2 Å². The van der Waals surface area contributed by atoms with Gasteiger partial charge in [-0.1, -0.05) is 25.3 Å². The molecule has 1 aromatic heterocycles. The maximum Gasteiger partial charge on any atom is 0.345 e. The monoisotopic (exact) mass is 366 g/mol. The summed E-state index contributed by atoms with van der Waals surface area (Å²) >= 11 is 0. The molecule has 1 aliphatic heterocycles. The largest absolute Gasteiger partial charge is 0.423 e. The second kappa shape index (κ2) is 7.41. The van der Waals surface area contributed by atoms with E-state index in [4.69, 9.17) is 4.74 Å². The van der Waals surface area contributed by atoms with Gasteiger partial charge in [-0.3, -0.25) is 4.98 Å². The van der Waals surface area contributed by atoms with Crippen molar-refractivity contribution in [1.82, 2.24) is 9.88 Å². The highest BCUT2D eigenvalue weighted by Gasteiger charge is 2.41. The molecule has 4 rings (SSSR count). The number of aliphatic hydroxyl groups is 1. The number of rotatable bonds is 3. The molecule has 0 saturated heterocycles. The first-order valence-corrected chi connectivity index (χ1v) is 9.71. The Balaban J connectivity index is 1.59. The zero-order chi connectivity index (χ0) is 18.9. The van der Waals surface area contributed by atoms with Crippen molar-refractivity contribution < 1.29 is 14.6 Å². The summed E-state index contributed by atoms with van der Waals surface area (Å²) in [6, 6.07) is 9.23. The summed E-state index contributed by atoms with van der Waals surface area (Å²) in [4.78, 5) is 18.5. The minimum Gasteiger partial charge on any atom is -0.423 e. The lowest BCUT2D eigenvalue weighted by Crippen LogP contribution is -2.46. The van der Waals surface area contributed by atoms with Crippen molar-refractivity contribution in [2.45, 2.75) is 50.2 Å². The minimum atomic E-state index is -0.629. The molecule has 2 aliphatic rings. The van der Waals surface area contributed by atoms with Gasteiger partial charge in [0.15, 0.2) is 0 Å². The van der Waals surface area contributed by atoms with Gasteiger partial charge in [0.1, 0.15) is 5.75 Å². The van der Waals surface area contributed by atoms with Crippen molar-refractivity contribution in [1.29, 1.82) is 0 Å². The lowest BCUT2D eigenvalue weighted by molar-refractivity contribution is -0.0333. The van der Waals surface area contributed by atoms with Crippen molar-refractivity contribution in [3.8, 4) is 5.75 Å². The number of nitrogens with zero attached hydrogens (tertiary/aromatic N) is 2. The summed E-state index contributed by atoms with van der Waals surface area (Å²) in [5.74, 6) is 0.233. The second-order valence-corrected chi connectivity index (χ2v) is 7.91. The third kappa shape index (κ3) is 3.75. The topological polar surface area (TPSA) is 62.7 Å². The Hall–Kier alpha value is -2.24. The molecule has 27 heavy (non-hydrogen) atoms. The first-order valence-electron chi connectivity index (χ1n) is 9.71. The standard InChI is InChI=1S/C22H26N2O3/c1-24-14-17-12-18(27-21(25)16-6-5-11-23-13-16)7-8-19(17)20(15-24)22(26)9-3-2-4-10-22/h5-8,11-13,20,26H,2-4,9-10,14-15H2,1H3. The van der Waals surface area contributed by atoms with Crippen LogP contribution in [0.5, 0.6) is 5.75 Å². The average Bonchev–Trinajstić information content (AvgIpc) is 2.68. The van der Waals surface area contributed by atoms with Gasteiger partial charge >= 0.3 is 5.97 Å². The number of hydrogen-bond donors (Lipinski definition) is 1. The average molecular weight is 366 g/mol. The van der Waals surface area contributed by atoms with E-state index in [2.05, 4.69) is 16.9 Å². The van der Waals surface area contributed by atoms with Crippen molar-refractivity contribution >= 4 is 5.97 Å². The van der Waals surface area contributed by atoms with E-state index in [1.807, 2.05) is 18.2 Å². The van der Waals surface area contributed by atoms with Gasteiger partial charge in [0.05, 0.1) is 11.2 Å². The Bertz CT molecular complexity index is 816. The van der Waals surface area contributed by atoms with Gasteiger partial charge < -0.3 is 14.7 Å². The fourth-order valence-corrected chi connectivity index (χ4v) is 4.51. The molecule has 1 atom stereocenters. The van der Waals surface area contributed by atoms with E-state index in [0.29, 0.717) is 11.3 Å². The van der Waals surface area contributed by atoms with E-state index in [1.54, 1.807) is 18.3 Å². The van der Waals surface area contributed by atoms with E-state index >= 15 is 0 Å². The van der Waals surface area contributed by atoms with E-state index in [-0.39, 0.29) is 5.92 Å². The zero-order valence-corrected chi connectivity index (χ0v) is 15.7. The molecule has 0 bridgehead atoms. The van der Waals surface area contributed by atoms with Crippen LogP contribution in [-0.2, 0) is 6.54 Å². The predicted molar refractivity (Wildman–Crippen MR) is 103 cm³/mol. The van der Waals surface area contributed by atoms with Gasteiger partial charge in [-0.15, -0.1) is 0 Å². The zero-order valence-electron chi connectivity index (χ0n) is 15.7. The highest BCUT2D eigenvalue weighted by molar-refractivity contribution is 5.90. The van der Waals surface area contributed by atoms with Crippen molar-refractivity contribution in [2.24, 2.45) is 0 Å². The van der Waals surface area contributed by atoms with Crippen LogP contribution in [0.2, 0.25) is 0 Å². The quantitative estimate of drug-likeness (QED) is 0.665. The molecule has 0 spiro atoms. The fraction of sp³-hybridized carbons (Fsp3) is 0.455. The lowest BCUT2D eigenvalue weighted by Gasteiger charge is -2.44. The van der Waals surface area contributed by atoms with Gasteiger partial charge in [-0.25, -0.2) is 4.79 Å². The van der Waals surface area contributed by atoms with E-state index in [0.717, 1.165) is 44.3 Å². The lowest BCUT2D eigenvalue weighted by atomic mass is 9.70. The maximum absolute atomic E-state index is 12.3. The van der Waals surface area contributed by atoms with Crippen LogP contribution in [0.3, 0.4) is 0 Å². The van der Waals surface area contributed by atoms with Crippen molar-refractivity contribution in [3.05, 3.63) is 59.4 Å². The molecule has 2 heterocycles. The van der Waals surface area contributed by atoms with E-state index < -0.39 is 11.6 Å². The normalized spacial score (nSPS) is 22.1. The van der Waals surface area contributed by atoms with Crippen LogP contribution >= 0.6 is 0 Å². The van der Waals surface area contributed by atoms with Gasteiger partial charge in [0.25, 0.3) is 0 Å². The van der Waals surface area contributed by atoms with Crippen LogP contribution in [0.25, 0.3) is 0 Å². The highest BCUT2D eigenvalue weighted by Crippen LogP contribution is 2.44. The molecule has 1 aliphatic carbocycles. The number of likely N-dealkylation sites (N-methyl/N-ethyl adjacent to an activating group) is 1. The summed E-state index contributed by atoms with van der Waals surface area (Å²) in [7, 11) is 2.08. The molecular weight excluding hydrogens is 340 g/mol. The molecule has 1 fully saturated rings. The Labute approximate surface area is 160 Å². The molecule has 1 unspecified atom stereocenters. The fourth-order valence-electron chi connectivity index (χ4n) is 4.51. The maximum atomic E-state index is 12.3. The van der Waals surface area contributed by atoms with Crippen LogP contribution in [0.15, 0.2) is 42.7 Å². The van der Waals surface area contributed by atoms with Crippen LogP contribution in [0.1, 0.15) is 59.5 Å². The molecule has 1 saturated carbocycles. The SMILES string of the molecule is CN1Cc2cc(OC(=O)c3cccnc3)ccc2C(C2(O)CCCCC2)C1. The van der Waals surface area contributed by atoms with Gasteiger partial charge in [-0.2, -0.15) is 0 Å². The molecule has 2 aromatic rings. The van der Waals surface area contributed by atoms with E-state index in [1.165, 1.54) is 18.2 Å². The van der Waals surface area contributed by atoms with Crippen LogP contribution in [0.4, 0.5) is 0 Å². The smallest absolute Gasteiger partial charge is 0.345 e. The number of hydrogen-bond acceptors (Lipinski definition) is 5. The number of esters is 1. The highest BCUT2D eigenvalue weighted by atomic mass is 16.5. The number of benzene rings is 1. The summed E-state index contributed by atoms with van der Waals surface area (Å²) < 4.78 is 5.55. The van der Waals surface area contributed by atoms with Crippen molar-refractivity contribution in [3.63, 3.8) is 0 Å². The molecule has 1 aromatic carbocycles. The first-order chi connectivity index (χ1) is 13.0. The Morgan fingerprint density at radius 2 is 2.07 bits per heavy atom. The molecule has 0 radical (unpaired) electrons. The van der Waals surface area contributed by atoms with Gasteiger partial charge in [0.2, 0.25) is 0 Å². The van der Waals surface area contributed by atoms with Crippen LogP contribution < -0.4 is 4.74 Å². The van der Waals surface area contributed by atoms with Gasteiger partial charge in [0, 0.05) is 31.4 Å². The predicted octanol–water partition coefficient (Wildman–Crippen LogP) is 3.53. The summed E-state index contributed by atoms with van der Waals surface area (Å²) in [6.07, 6.45) is 8.25. The Morgan fingerprint density at radius 3 is 2.81 bits per heavy atom. The third-order valence-electron chi connectivity index (χ3n) is 5.90. The summed E-state index contributed by atoms with van der Waals surface area (Å²) in [5, 5.41) is 11.3.